The summed E-state index contributed by atoms with van der Waals surface area (Å²) in [6, 6.07) is 5.16. The van der Waals surface area contributed by atoms with Gasteiger partial charge in [0.1, 0.15) is 10.9 Å². The number of rotatable bonds is 2. The average molecular weight is 237 g/mol. The SMILES string of the molecule is COc1ccc2c(Cl)ncc(B(O)O)c2c1. The largest absolute Gasteiger partial charge is 0.497 e. The van der Waals surface area contributed by atoms with Crippen LogP contribution in [0.3, 0.4) is 0 Å². The van der Waals surface area contributed by atoms with Gasteiger partial charge in [0.2, 0.25) is 0 Å². The van der Waals surface area contributed by atoms with Gasteiger partial charge in [-0.3, -0.25) is 0 Å². The van der Waals surface area contributed by atoms with E-state index in [-0.39, 0.29) is 0 Å². The quantitative estimate of drug-likeness (QED) is 0.592. The summed E-state index contributed by atoms with van der Waals surface area (Å²) >= 11 is 5.91. The highest BCUT2D eigenvalue weighted by molar-refractivity contribution is 6.62. The Morgan fingerprint density at radius 3 is 2.69 bits per heavy atom. The number of fused-ring (bicyclic) bond motifs is 1. The van der Waals surface area contributed by atoms with Gasteiger partial charge < -0.3 is 14.8 Å². The van der Waals surface area contributed by atoms with Crippen LogP contribution in [0.2, 0.25) is 5.15 Å². The summed E-state index contributed by atoms with van der Waals surface area (Å²) in [5, 5.41) is 20.0. The summed E-state index contributed by atoms with van der Waals surface area (Å²) in [5.74, 6) is 0.622. The molecule has 0 atom stereocenters. The van der Waals surface area contributed by atoms with Crippen molar-refractivity contribution in [3.8, 4) is 5.75 Å². The molecule has 0 radical (unpaired) electrons. The van der Waals surface area contributed by atoms with E-state index >= 15 is 0 Å². The van der Waals surface area contributed by atoms with Gasteiger partial charge in [-0.1, -0.05) is 11.6 Å². The van der Waals surface area contributed by atoms with Crippen molar-refractivity contribution in [1.29, 1.82) is 0 Å². The fraction of sp³-hybridized carbons (Fsp3) is 0.100. The fourth-order valence-electron chi connectivity index (χ4n) is 1.54. The molecule has 0 unspecified atom stereocenters. The van der Waals surface area contributed by atoms with Crippen LogP contribution >= 0.6 is 11.6 Å². The van der Waals surface area contributed by atoms with E-state index in [1.807, 2.05) is 0 Å². The Hall–Kier alpha value is -1.30. The van der Waals surface area contributed by atoms with Crippen LogP contribution < -0.4 is 10.2 Å². The highest BCUT2D eigenvalue weighted by Gasteiger charge is 2.17. The molecule has 6 heteroatoms. The van der Waals surface area contributed by atoms with Gasteiger partial charge >= 0.3 is 7.12 Å². The minimum absolute atomic E-state index is 0.304. The molecule has 1 aromatic carbocycles. The third-order valence-corrected chi connectivity index (χ3v) is 2.66. The Morgan fingerprint density at radius 2 is 2.06 bits per heavy atom. The van der Waals surface area contributed by atoms with Gasteiger partial charge in [-0.05, 0) is 23.6 Å². The smallest absolute Gasteiger partial charge is 0.490 e. The maximum atomic E-state index is 9.21. The van der Waals surface area contributed by atoms with E-state index in [1.54, 1.807) is 25.3 Å². The fourth-order valence-corrected chi connectivity index (χ4v) is 1.75. The standard InChI is InChI=1S/C10H9BClNO3/c1-16-6-2-3-7-8(4-6)9(11(14)15)5-13-10(7)12/h2-5,14-15H,1H3. The molecular weight excluding hydrogens is 228 g/mol. The molecule has 0 saturated carbocycles. The normalized spacial score (nSPS) is 10.5. The molecule has 0 aliphatic rings. The minimum Gasteiger partial charge on any atom is -0.497 e. The van der Waals surface area contributed by atoms with Crippen molar-refractivity contribution in [2.75, 3.05) is 7.11 Å². The number of ether oxygens (including phenoxy) is 1. The molecule has 2 N–H and O–H groups in total. The van der Waals surface area contributed by atoms with Crippen LogP contribution in [0.15, 0.2) is 24.4 Å². The Labute approximate surface area is 97.6 Å². The third kappa shape index (κ3) is 1.85. The summed E-state index contributed by atoms with van der Waals surface area (Å²) in [7, 11) is -0.0432. The molecule has 0 fully saturated rings. The lowest BCUT2D eigenvalue weighted by atomic mass is 9.78. The lowest BCUT2D eigenvalue weighted by Gasteiger charge is -2.08. The molecule has 2 aromatic rings. The topological polar surface area (TPSA) is 62.6 Å². The first-order valence-electron chi connectivity index (χ1n) is 4.61. The lowest BCUT2D eigenvalue weighted by Crippen LogP contribution is -2.31. The van der Waals surface area contributed by atoms with Gasteiger partial charge in [0.25, 0.3) is 0 Å². The maximum Gasteiger partial charge on any atom is 0.490 e. The zero-order chi connectivity index (χ0) is 11.7. The zero-order valence-electron chi connectivity index (χ0n) is 8.51. The van der Waals surface area contributed by atoms with Crippen molar-refractivity contribution in [2.45, 2.75) is 0 Å². The Bertz CT molecular complexity index is 533. The van der Waals surface area contributed by atoms with Crippen LogP contribution in [-0.4, -0.2) is 29.3 Å². The molecule has 2 rings (SSSR count). The van der Waals surface area contributed by atoms with Crippen molar-refractivity contribution in [1.82, 2.24) is 4.98 Å². The number of hydrogen-bond acceptors (Lipinski definition) is 4. The number of hydrogen-bond donors (Lipinski definition) is 2. The Morgan fingerprint density at radius 1 is 1.31 bits per heavy atom. The zero-order valence-corrected chi connectivity index (χ0v) is 9.27. The molecule has 0 spiro atoms. The predicted octanol–water partition coefficient (Wildman–Crippen LogP) is 0.577. The van der Waals surface area contributed by atoms with Gasteiger partial charge in [-0.2, -0.15) is 0 Å². The maximum absolute atomic E-state index is 9.21. The summed E-state index contributed by atoms with van der Waals surface area (Å²) < 4.78 is 5.07. The van der Waals surface area contributed by atoms with Gasteiger partial charge in [0.05, 0.1) is 7.11 Å². The van der Waals surface area contributed by atoms with Crippen LogP contribution in [0.4, 0.5) is 0 Å². The molecule has 1 aromatic heterocycles. The summed E-state index contributed by atoms with van der Waals surface area (Å²) in [6.45, 7) is 0. The number of aromatic nitrogens is 1. The molecule has 0 bridgehead atoms. The van der Waals surface area contributed by atoms with E-state index < -0.39 is 7.12 Å². The van der Waals surface area contributed by atoms with E-state index in [0.717, 1.165) is 0 Å². The highest BCUT2D eigenvalue weighted by Crippen LogP contribution is 2.24. The Kier molecular flexibility index (Phi) is 3.00. The summed E-state index contributed by atoms with van der Waals surface area (Å²) in [5.41, 5.74) is 0.304. The lowest BCUT2D eigenvalue weighted by molar-refractivity contribution is 0.415. The molecule has 0 amide bonds. The molecule has 1 heterocycles. The first kappa shape index (κ1) is 11.2. The highest BCUT2D eigenvalue weighted by atomic mass is 35.5. The van der Waals surface area contributed by atoms with Crippen molar-refractivity contribution in [2.24, 2.45) is 0 Å². The van der Waals surface area contributed by atoms with E-state index in [1.165, 1.54) is 6.20 Å². The second-order valence-corrected chi connectivity index (χ2v) is 3.65. The third-order valence-electron chi connectivity index (χ3n) is 2.36. The second kappa shape index (κ2) is 4.29. The van der Waals surface area contributed by atoms with Crippen molar-refractivity contribution >= 4 is 35.0 Å². The number of nitrogens with zero attached hydrogens (tertiary/aromatic N) is 1. The number of halogens is 1. The van der Waals surface area contributed by atoms with Crippen LogP contribution in [-0.2, 0) is 0 Å². The van der Waals surface area contributed by atoms with Crippen LogP contribution in [0.1, 0.15) is 0 Å². The van der Waals surface area contributed by atoms with Crippen molar-refractivity contribution < 1.29 is 14.8 Å². The molecular formula is C10H9BClNO3. The van der Waals surface area contributed by atoms with Crippen molar-refractivity contribution in [3.63, 3.8) is 0 Å². The van der Waals surface area contributed by atoms with Gasteiger partial charge in [0.15, 0.2) is 0 Å². The molecule has 16 heavy (non-hydrogen) atoms. The molecule has 0 aliphatic heterocycles. The molecule has 4 nitrogen and oxygen atoms in total. The number of methoxy groups -OCH3 is 1. The van der Waals surface area contributed by atoms with E-state index in [9.17, 15) is 10.0 Å². The monoisotopic (exact) mass is 237 g/mol. The minimum atomic E-state index is -1.58. The van der Waals surface area contributed by atoms with E-state index in [0.29, 0.717) is 27.1 Å². The predicted molar refractivity (Wildman–Crippen MR) is 63.1 cm³/mol. The van der Waals surface area contributed by atoms with Gasteiger partial charge in [-0.15, -0.1) is 0 Å². The van der Waals surface area contributed by atoms with Crippen LogP contribution in [0, 0.1) is 0 Å². The molecule has 0 aliphatic carbocycles. The summed E-state index contributed by atoms with van der Waals surface area (Å²) in [4.78, 5) is 3.89. The number of benzene rings is 1. The van der Waals surface area contributed by atoms with Crippen molar-refractivity contribution in [3.05, 3.63) is 29.5 Å². The van der Waals surface area contributed by atoms with E-state index in [2.05, 4.69) is 4.98 Å². The second-order valence-electron chi connectivity index (χ2n) is 3.29. The number of pyridine rings is 1. The van der Waals surface area contributed by atoms with E-state index in [4.69, 9.17) is 16.3 Å². The Balaban J connectivity index is 2.77. The average Bonchev–Trinajstić information content (AvgIpc) is 2.28. The molecule has 82 valence electrons. The summed E-state index contributed by atoms with van der Waals surface area (Å²) in [6.07, 6.45) is 1.34. The van der Waals surface area contributed by atoms with Crippen LogP contribution in [0.5, 0.6) is 5.75 Å². The van der Waals surface area contributed by atoms with Crippen LogP contribution in [0.25, 0.3) is 10.8 Å². The molecule has 0 saturated heterocycles. The van der Waals surface area contributed by atoms with Gasteiger partial charge in [0, 0.05) is 17.0 Å². The first-order chi connectivity index (χ1) is 7.63. The first-order valence-corrected chi connectivity index (χ1v) is 4.99. The van der Waals surface area contributed by atoms with Gasteiger partial charge in [-0.25, -0.2) is 4.98 Å².